The van der Waals surface area contributed by atoms with Gasteiger partial charge in [0, 0.05) is 10.8 Å². The van der Waals surface area contributed by atoms with E-state index in [1.165, 1.54) is 0 Å². The molecule has 1 aliphatic heterocycles. The summed E-state index contributed by atoms with van der Waals surface area (Å²) >= 11 is 3.44. The van der Waals surface area contributed by atoms with Crippen LogP contribution in [0.2, 0.25) is 0 Å². The zero-order valence-electron chi connectivity index (χ0n) is 12.1. The summed E-state index contributed by atoms with van der Waals surface area (Å²) in [6.45, 7) is 8.25. The molecule has 0 spiro atoms. The van der Waals surface area contributed by atoms with Crippen molar-refractivity contribution in [3.8, 4) is 5.75 Å². The molecule has 1 aromatic carbocycles. The van der Waals surface area contributed by atoms with Crippen LogP contribution in [0, 0.1) is 0 Å². The van der Waals surface area contributed by atoms with E-state index in [9.17, 15) is 0 Å². The molecule has 0 aromatic heterocycles. The first-order chi connectivity index (χ1) is 8.75. The van der Waals surface area contributed by atoms with Gasteiger partial charge in [0.15, 0.2) is 0 Å². The van der Waals surface area contributed by atoms with E-state index in [4.69, 9.17) is 14.0 Å². The summed E-state index contributed by atoms with van der Waals surface area (Å²) < 4.78 is 18.4. The number of hydrogen-bond acceptors (Lipinski definition) is 3. The van der Waals surface area contributed by atoms with Crippen LogP contribution in [0.25, 0.3) is 0 Å². The lowest BCUT2D eigenvalue weighted by Gasteiger charge is -2.32. The lowest BCUT2D eigenvalue weighted by molar-refractivity contribution is 0.00578. The van der Waals surface area contributed by atoms with E-state index in [0.717, 1.165) is 15.8 Å². The van der Waals surface area contributed by atoms with Crippen LogP contribution < -0.4 is 4.74 Å². The van der Waals surface area contributed by atoms with E-state index in [0.29, 0.717) is 6.32 Å². The number of hydrogen-bond donors (Lipinski definition) is 0. The molecule has 0 saturated carbocycles. The standard InChI is InChI=1S/C14H20BBrO3/c1-13(2)14(3,4)19-15(18-13)9-10-6-7-11(16)8-12(10)17-5/h6-8H,9H2,1-5H3. The van der Waals surface area contributed by atoms with Gasteiger partial charge >= 0.3 is 7.12 Å². The predicted octanol–water partition coefficient (Wildman–Crippen LogP) is 3.63. The van der Waals surface area contributed by atoms with Gasteiger partial charge < -0.3 is 14.0 Å². The largest absolute Gasteiger partial charge is 0.496 e. The molecule has 0 atom stereocenters. The van der Waals surface area contributed by atoms with Crippen molar-refractivity contribution in [1.82, 2.24) is 0 Å². The van der Waals surface area contributed by atoms with E-state index in [1.54, 1.807) is 7.11 Å². The molecule has 1 saturated heterocycles. The van der Waals surface area contributed by atoms with Crippen LogP contribution in [0.3, 0.4) is 0 Å². The maximum Gasteiger partial charge on any atom is 0.462 e. The molecule has 1 heterocycles. The third-order valence-electron chi connectivity index (χ3n) is 3.94. The third kappa shape index (κ3) is 2.98. The average Bonchev–Trinajstić information content (AvgIpc) is 2.49. The maximum absolute atomic E-state index is 6.01. The summed E-state index contributed by atoms with van der Waals surface area (Å²) in [7, 11) is 1.44. The highest BCUT2D eigenvalue weighted by Crippen LogP contribution is 2.38. The fourth-order valence-corrected chi connectivity index (χ4v) is 2.46. The SMILES string of the molecule is COc1cc(Br)ccc1CB1OC(C)(C)C(C)(C)O1. The van der Waals surface area contributed by atoms with Crippen LogP contribution in [-0.4, -0.2) is 25.4 Å². The molecular formula is C14H20BBrO3. The summed E-state index contributed by atoms with van der Waals surface area (Å²) in [6.07, 6.45) is 0.684. The van der Waals surface area contributed by atoms with Gasteiger partial charge in [0.05, 0.1) is 18.3 Å². The molecule has 0 unspecified atom stereocenters. The van der Waals surface area contributed by atoms with Crippen molar-refractivity contribution in [2.75, 3.05) is 7.11 Å². The van der Waals surface area contributed by atoms with E-state index in [1.807, 2.05) is 18.2 Å². The molecule has 3 nitrogen and oxygen atoms in total. The van der Waals surface area contributed by atoms with Crippen LogP contribution in [0.4, 0.5) is 0 Å². The quantitative estimate of drug-likeness (QED) is 0.794. The van der Waals surface area contributed by atoms with E-state index in [2.05, 4.69) is 43.6 Å². The maximum atomic E-state index is 6.01. The highest BCUT2D eigenvalue weighted by molar-refractivity contribution is 9.10. The Morgan fingerprint density at radius 2 is 1.74 bits per heavy atom. The zero-order valence-corrected chi connectivity index (χ0v) is 13.7. The zero-order chi connectivity index (χ0) is 14.3. The molecule has 19 heavy (non-hydrogen) atoms. The summed E-state index contributed by atoms with van der Waals surface area (Å²) in [5.41, 5.74) is 0.504. The molecule has 0 aliphatic carbocycles. The average molecular weight is 327 g/mol. The normalized spacial score (nSPS) is 20.6. The summed E-state index contributed by atoms with van der Waals surface area (Å²) in [4.78, 5) is 0. The first-order valence-corrected chi connectivity index (χ1v) is 7.22. The van der Waals surface area contributed by atoms with Crippen molar-refractivity contribution in [2.24, 2.45) is 0 Å². The number of methoxy groups -OCH3 is 1. The van der Waals surface area contributed by atoms with Crippen molar-refractivity contribution < 1.29 is 14.0 Å². The van der Waals surface area contributed by atoms with Gasteiger partial charge in [-0.1, -0.05) is 22.0 Å². The molecule has 0 bridgehead atoms. The second-order valence-electron chi connectivity index (χ2n) is 5.85. The molecule has 1 aromatic rings. The number of halogens is 1. The van der Waals surface area contributed by atoms with Gasteiger partial charge in [-0.25, -0.2) is 0 Å². The van der Waals surface area contributed by atoms with Crippen LogP contribution >= 0.6 is 15.9 Å². The first-order valence-electron chi connectivity index (χ1n) is 6.43. The van der Waals surface area contributed by atoms with Crippen molar-refractivity contribution in [2.45, 2.75) is 45.2 Å². The Kier molecular flexibility index (Phi) is 4.01. The Morgan fingerprint density at radius 1 is 1.16 bits per heavy atom. The van der Waals surface area contributed by atoms with E-state index in [-0.39, 0.29) is 18.3 Å². The van der Waals surface area contributed by atoms with Gasteiger partial charge in [-0.15, -0.1) is 0 Å². The number of benzene rings is 1. The van der Waals surface area contributed by atoms with Crippen molar-refractivity contribution in [1.29, 1.82) is 0 Å². The Morgan fingerprint density at radius 3 is 2.26 bits per heavy atom. The first kappa shape index (κ1) is 14.9. The number of rotatable bonds is 3. The molecule has 2 rings (SSSR count). The van der Waals surface area contributed by atoms with Crippen LogP contribution in [-0.2, 0) is 15.6 Å². The van der Waals surface area contributed by atoms with Crippen molar-refractivity contribution in [3.05, 3.63) is 28.2 Å². The minimum Gasteiger partial charge on any atom is -0.496 e. The fourth-order valence-electron chi connectivity index (χ4n) is 2.12. The summed E-state index contributed by atoms with van der Waals surface area (Å²) in [6, 6.07) is 6.00. The Hall–Kier alpha value is -0.515. The lowest BCUT2D eigenvalue weighted by atomic mass is 9.80. The Labute approximate surface area is 123 Å². The van der Waals surface area contributed by atoms with Crippen LogP contribution in [0.5, 0.6) is 5.75 Å². The highest BCUT2D eigenvalue weighted by atomic mass is 79.9. The van der Waals surface area contributed by atoms with Crippen molar-refractivity contribution >= 4 is 23.0 Å². The minimum atomic E-state index is -0.291. The second kappa shape index (κ2) is 5.11. The summed E-state index contributed by atoms with van der Waals surface area (Å²) in [5, 5.41) is 0. The molecule has 1 aliphatic rings. The molecule has 0 N–H and O–H groups in total. The molecular weight excluding hydrogens is 307 g/mol. The minimum absolute atomic E-state index is 0.236. The fraction of sp³-hybridized carbons (Fsp3) is 0.571. The van der Waals surface area contributed by atoms with Crippen molar-refractivity contribution in [3.63, 3.8) is 0 Å². The van der Waals surface area contributed by atoms with Gasteiger partial charge in [0.2, 0.25) is 0 Å². The Bertz CT molecular complexity index is 458. The highest BCUT2D eigenvalue weighted by Gasteiger charge is 2.50. The molecule has 1 fully saturated rings. The van der Waals surface area contributed by atoms with Gasteiger partial charge in [0.25, 0.3) is 0 Å². The number of ether oxygens (including phenoxy) is 1. The molecule has 0 radical (unpaired) electrons. The van der Waals surface area contributed by atoms with Crippen LogP contribution in [0.1, 0.15) is 33.3 Å². The topological polar surface area (TPSA) is 27.7 Å². The summed E-state index contributed by atoms with van der Waals surface area (Å²) in [5.74, 6) is 0.851. The second-order valence-corrected chi connectivity index (χ2v) is 6.76. The third-order valence-corrected chi connectivity index (χ3v) is 4.43. The van der Waals surface area contributed by atoms with E-state index < -0.39 is 0 Å². The molecule has 104 valence electrons. The smallest absolute Gasteiger partial charge is 0.462 e. The molecule has 5 heteroatoms. The van der Waals surface area contributed by atoms with Gasteiger partial charge in [0.1, 0.15) is 5.75 Å². The lowest BCUT2D eigenvalue weighted by Crippen LogP contribution is -2.41. The van der Waals surface area contributed by atoms with Gasteiger partial charge in [-0.3, -0.25) is 0 Å². The molecule has 0 amide bonds. The van der Waals surface area contributed by atoms with Crippen LogP contribution in [0.15, 0.2) is 22.7 Å². The monoisotopic (exact) mass is 326 g/mol. The van der Waals surface area contributed by atoms with E-state index >= 15 is 0 Å². The van der Waals surface area contributed by atoms with Gasteiger partial charge in [-0.05, 0) is 45.4 Å². The Balaban J connectivity index is 2.16. The predicted molar refractivity (Wildman–Crippen MR) is 80.5 cm³/mol. The van der Waals surface area contributed by atoms with Gasteiger partial charge in [-0.2, -0.15) is 0 Å².